The van der Waals surface area contributed by atoms with E-state index in [2.05, 4.69) is 43.7 Å². The van der Waals surface area contributed by atoms with Crippen molar-refractivity contribution in [3.8, 4) is 0 Å². The molecule has 1 amide bonds. The maximum absolute atomic E-state index is 12.5. The topological polar surface area (TPSA) is 66.6 Å². The van der Waals surface area contributed by atoms with Gasteiger partial charge in [0.1, 0.15) is 0 Å². The molecule has 1 aliphatic rings. The number of aromatic nitrogens is 4. The summed E-state index contributed by atoms with van der Waals surface area (Å²) in [7, 11) is 0. The third-order valence-electron chi connectivity index (χ3n) is 4.71. The zero-order valence-corrected chi connectivity index (χ0v) is 14.9. The van der Waals surface area contributed by atoms with E-state index in [0.29, 0.717) is 17.6 Å². The summed E-state index contributed by atoms with van der Waals surface area (Å²) in [6.45, 7) is 5.51. The van der Waals surface area contributed by atoms with Gasteiger partial charge >= 0.3 is 0 Å². The Labute approximate surface area is 149 Å². The molecule has 0 bridgehead atoms. The van der Waals surface area contributed by atoms with Gasteiger partial charge in [-0.2, -0.15) is 16.3 Å². The average molecular weight is 356 g/mol. The lowest BCUT2D eigenvalue weighted by atomic mass is 10.1. The number of hydrogen-bond donors (Lipinski definition) is 0. The first kappa shape index (κ1) is 16.2. The molecule has 0 saturated carbocycles. The number of rotatable bonds is 4. The molecule has 1 aliphatic heterocycles. The van der Waals surface area contributed by atoms with Crippen molar-refractivity contribution in [2.45, 2.75) is 19.4 Å². The summed E-state index contributed by atoms with van der Waals surface area (Å²) in [5.41, 5.74) is 1.35. The van der Waals surface area contributed by atoms with Gasteiger partial charge in [0.05, 0.1) is 6.42 Å². The summed E-state index contributed by atoms with van der Waals surface area (Å²) in [6.07, 6.45) is 3.68. The number of carbonyl (C=O) groups is 1. The molecule has 7 nitrogen and oxygen atoms in total. The van der Waals surface area contributed by atoms with E-state index in [0.717, 1.165) is 26.2 Å². The van der Waals surface area contributed by atoms with E-state index in [9.17, 15) is 4.79 Å². The normalized spacial score (nSPS) is 17.1. The number of amides is 1. The van der Waals surface area contributed by atoms with Crippen LogP contribution in [-0.4, -0.2) is 61.5 Å². The Bertz CT molecular complexity index is 820. The zero-order valence-electron chi connectivity index (χ0n) is 14.1. The molecule has 1 fully saturated rings. The van der Waals surface area contributed by atoms with Crippen molar-refractivity contribution in [2.24, 2.45) is 0 Å². The third kappa shape index (κ3) is 3.40. The summed E-state index contributed by atoms with van der Waals surface area (Å²) in [5.74, 6) is 1.14. The summed E-state index contributed by atoms with van der Waals surface area (Å²) in [6, 6.07) is 4.37. The van der Waals surface area contributed by atoms with Gasteiger partial charge in [0.25, 0.3) is 5.78 Å². The van der Waals surface area contributed by atoms with Crippen LogP contribution >= 0.6 is 11.3 Å². The lowest BCUT2D eigenvalue weighted by Crippen LogP contribution is -2.49. The Morgan fingerprint density at radius 3 is 2.88 bits per heavy atom. The van der Waals surface area contributed by atoms with Gasteiger partial charge in [0.15, 0.2) is 5.82 Å². The van der Waals surface area contributed by atoms with Gasteiger partial charge in [-0.25, -0.2) is 9.50 Å². The number of nitrogens with zero attached hydrogens (tertiary/aromatic N) is 6. The van der Waals surface area contributed by atoms with Gasteiger partial charge in [0.2, 0.25) is 5.91 Å². The molecular formula is C17H20N6OS. The molecule has 0 aromatic carbocycles. The van der Waals surface area contributed by atoms with Crippen LogP contribution in [0.4, 0.5) is 0 Å². The van der Waals surface area contributed by atoms with Crippen LogP contribution in [0.5, 0.6) is 0 Å². The van der Waals surface area contributed by atoms with Gasteiger partial charge < -0.3 is 4.90 Å². The molecular weight excluding hydrogens is 336 g/mol. The van der Waals surface area contributed by atoms with Crippen molar-refractivity contribution in [1.82, 2.24) is 29.4 Å². The summed E-state index contributed by atoms with van der Waals surface area (Å²) in [4.78, 5) is 25.3. The lowest BCUT2D eigenvalue weighted by molar-refractivity contribution is -0.132. The first-order valence-corrected chi connectivity index (χ1v) is 9.35. The first-order valence-electron chi connectivity index (χ1n) is 8.41. The number of carbonyl (C=O) groups excluding carboxylic acids is 1. The molecule has 25 heavy (non-hydrogen) atoms. The van der Waals surface area contributed by atoms with Crippen LogP contribution in [0.15, 0.2) is 35.3 Å². The summed E-state index contributed by atoms with van der Waals surface area (Å²) in [5, 5.41) is 8.62. The molecule has 0 radical (unpaired) electrons. The van der Waals surface area contributed by atoms with Crippen LogP contribution < -0.4 is 0 Å². The van der Waals surface area contributed by atoms with Crippen LogP contribution in [-0.2, 0) is 11.2 Å². The maximum atomic E-state index is 12.5. The molecule has 3 aromatic heterocycles. The Morgan fingerprint density at radius 2 is 2.16 bits per heavy atom. The molecule has 0 N–H and O–H groups in total. The van der Waals surface area contributed by atoms with Crippen molar-refractivity contribution in [2.75, 3.05) is 26.2 Å². The van der Waals surface area contributed by atoms with Crippen LogP contribution in [0.25, 0.3) is 5.78 Å². The third-order valence-corrected chi connectivity index (χ3v) is 5.41. The molecule has 4 heterocycles. The van der Waals surface area contributed by atoms with Crippen molar-refractivity contribution in [1.29, 1.82) is 0 Å². The smallest absolute Gasteiger partial charge is 0.252 e. The maximum Gasteiger partial charge on any atom is 0.252 e. The van der Waals surface area contributed by atoms with Crippen LogP contribution in [0.2, 0.25) is 0 Å². The highest BCUT2D eigenvalue weighted by Gasteiger charge is 2.25. The van der Waals surface area contributed by atoms with Gasteiger partial charge in [-0.3, -0.25) is 9.69 Å². The van der Waals surface area contributed by atoms with E-state index >= 15 is 0 Å². The second-order valence-electron chi connectivity index (χ2n) is 6.22. The SMILES string of the molecule is CC(c1ccsc1)N1CCN(C(=O)Cc2nc3ncccn3n2)CC1. The molecule has 0 aliphatic carbocycles. The Kier molecular flexibility index (Phi) is 4.46. The highest BCUT2D eigenvalue weighted by atomic mass is 32.1. The van der Waals surface area contributed by atoms with Gasteiger partial charge in [-0.05, 0) is 35.4 Å². The van der Waals surface area contributed by atoms with Crippen LogP contribution in [0.3, 0.4) is 0 Å². The molecule has 8 heteroatoms. The van der Waals surface area contributed by atoms with Gasteiger partial charge in [-0.15, -0.1) is 5.10 Å². The zero-order chi connectivity index (χ0) is 17.2. The summed E-state index contributed by atoms with van der Waals surface area (Å²) < 4.78 is 1.60. The van der Waals surface area contributed by atoms with E-state index in [4.69, 9.17) is 0 Å². The van der Waals surface area contributed by atoms with Crippen LogP contribution in [0, 0.1) is 0 Å². The average Bonchev–Trinajstić information content (AvgIpc) is 3.30. The minimum absolute atomic E-state index is 0.0822. The molecule has 1 saturated heterocycles. The fourth-order valence-corrected chi connectivity index (χ4v) is 3.93. The first-order chi connectivity index (χ1) is 12.2. The quantitative estimate of drug-likeness (QED) is 0.711. The Morgan fingerprint density at radius 1 is 1.32 bits per heavy atom. The largest absolute Gasteiger partial charge is 0.340 e. The standard InChI is InChI=1S/C17H20N6OS/c1-13(14-3-10-25-12-14)21-6-8-22(9-7-21)16(24)11-15-19-17-18-4-2-5-23(17)20-15/h2-5,10,12-13H,6-9,11H2,1H3. The monoisotopic (exact) mass is 356 g/mol. The second kappa shape index (κ2) is 6.89. The molecule has 130 valence electrons. The lowest BCUT2D eigenvalue weighted by Gasteiger charge is -2.37. The Balaban J connectivity index is 1.35. The predicted molar refractivity (Wildman–Crippen MR) is 95.4 cm³/mol. The number of fused-ring (bicyclic) bond motifs is 1. The van der Waals surface area contributed by atoms with Crippen molar-refractivity contribution in [3.05, 3.63) is 46.7 Å². The van der Waals surface area contributed by atoms with Crippen LogP contribution in [0.1, 0.15) is 24.4 Å². The second-order valence-corrected chi connectivity index (χ2v) is 7.00. The minimum atomic E-state index is 0.0822. The highest BCUT2D eigenvalue weighted by Crippen LogP contribution is 2.23. The molecule has 4 rings (SSSR count). The molecule has 3 aromatic rings. The molecule has 1 unspecified atom stereocenters. The molecule has 1 atom stereocenters. The minimum Gasteiger partial charge on any atom is -0.340 e. The van der Waals surface area contributed by atoms with E-state index in [1.807, 2.05) is 4.90 Å². The van der Waals surface area contributed by atoms with Gasteiger partial charge in [-0.1, -0.05) is 0 Å². The highest BCUT2D eigenvalue weighted by molar-refractivity contribution is 7.07. The van der Waals surface area contributed by atoms with Crippen molar-refractivity contribution < 1.29 is 4.79 Å². The number of hydrogen-bond acceptors (Lipinski definition) is 6. The van der Waals surface area contributed by atoms with E-state index in [1.165, 1.54) is 5.56 Å². The fraction of sp³-hybridized carbons (Fsp3) is 0.412. The predicted octanol–water partition coefficient (Wildman–Crippen LogP) is 1.63. The Hall–Kier alpha value is -2.32. The fourth-order valence-electron chi connectivity index (χ4n) is 3.18. The van der Waals surface area contributed by atoms with E-state index in [1.54, 1.807) is 34.3 Å². The van der Waals surface area contributed by atoms with Crippen molar-refractivity contribution in [3.63, 3.8) is 0 Å². The van der Waals surface area contributed by atoms with E-state index in [-0.39, 0.29) is 12.3 Å². The number of piperazine rings is 1. The number of thiophene rings is 1. The van der Waals surface area contributed by atoms with E-state index < -0.39 is 0 Å². The molecule has 0 spiro atoms. The summed E-state index contributed by atoms with van der Waals surface area (Å²) >= 11 is 1.73. The van der Waals surface area contributed by atoms with Crippen molar-refractivity contribution >= 4 is 23.0 Å². The van der Waals surface area contributed by atoms with Gasteiger partial charge in [0, 0.05) is 44.6 Å².